The van der Waals surface area contributed by atoms with Crippen molar-refractivity contribution in [2.24, 2.45) is 11.3 Å². The van der Waals surface area contributed by atoms with Crippen molar-refractivity contribution in [3.63, 3.8) is 0 Å². The molecule has 1 heteroatoms. The zero-order valence-electron chi connectivity index (χ0n) is 7.73. The normalized spacial score (nSPS) is 41.6. The van der Waals surface area contributed by atoms with Crippen LogP contribution < -0.4 is 0 Å². The number of carbonyl (C=O) groups is 1. The summed E-state index contributed by atoms with van der Waals surface area (Å²) in [5.74, 6) is 0.996. The third kappa shape index (κ3) is 0.886. The van der Waals surface area contributed by atoms with Crippen LogP contribution >= 0.6 is 0 Å². The zero-order valence-corrected chi connectivity index (χ0v) is 7.73. The lowest BCUT2D eigenvalue weighted by Crippen LogP contribution is -2.35. The summed E-state index contributed by atoms with van der Waals surface area (Å²) in [4.78, 5) is 11.7. The molecule has 0 aromatic carbocycles. The molecule has 0 amide bonds. The van der Waals surface area contributed by atoms with Crippen molar-refractivity contribution >= 4 is 5.78 Å². The van der Waals surface area contributed by atoms with Crippen molar-refractivity contribution in [3.8, 4) is 0 Å². The molecule has 0 spiro atoms. The number of carbonyl (C=O) groups excluding carboxylic acids is 1. The van der Waals surface area contributed by atoms with Crippen molar-refractivity contribution in [2.45, 2.75) is 39.0 Å². The third-order valence-corrected chi connectivity index (χ3v) is 3.76. The molecule has 2 aliphatic carbocycles. The molecule has 0 heterocycles. The number of fused-ring (bicyclic) bond motifs is 1. The Bertz CT molecular complexity index is 241. The first-order valence-electron chi connectivity index (χ1n) is 4.85. The second-order valence-electron chi connectivity index (χ2n) is 4.44. The summed E-state index contributed by atoms with van der Waals surface area (Å²) >= 11 is 0. The average molecular weight is 164 g/mol. The van der Waals surface area contributed by atoms with E-state index in [1.165, 1.54) is 12.0 Å². The highest BCUT2D eigenvalue weighted by atomic mass is 16.1. The molecule has 0 aromatic rings. The molecule has 0 radical (unpaired) electrons. The van der Waals surface area contributed by atoms with Gasteiger partial charge in [-0.05, 0) is 31.6 Å². The van der Waals surface area contributed by atoms with Crippen LogP contribution in [0.4, 0.5) is 0 Å². The maximum absolute atomic E-state index is 11.7. The number of allylic oxidation sites excluding steroid dienone is 1. The SMILES string of the molecule is C=C1CCC2(C)C(=O)CCCC12. The summed E-state index contributed by atoms with van der Waals surface area (Å²) in [7, 11) is 0. The van der Waals surface area contributed by atoms with Crippen LogP contribution in [-0.2, 0) is 4.79 Å². The Hall–Kier alpha value is -0.590. The second-order valence-corrected chi connectivity index (χ2v) is 4.44. The largest absolute Gasteiger partial charge is 0.299 e. The lowest BCUT2D eigenvalue weighted by molar-refractivity contribution is -0.131. The highest BCUT2D eigenvalue weighted by Crippen LogP contribution is 2.51. The van der Waals surface area contributed by atoms with Crippen LogP contribution in [0.5, 0.6) is 0 Å². The molecule has 2 fully saturated rings. The van der Waals surface area contributed by atoms with E-state index in [0.717, 1.165) is 25.7 Å². The molecule has 1 nitrogen and oxygen atoms in total. The van der Waals surface area contributed by atoms with E-state index in [2.05, 4.69) is 13.5 Å². The molecule has 2 atom stereocenters. The van der Waals surface area contributed by atoms with Crippen LogP contribution in [0.3, 0.4) is 0 Å². The topological polar surface area (TPSA) is 17.1 Å². The van der Waals surface area contributed by atoms with E-state index >= 15 is 0 Å². The summed E-state index contributed by atoms with van der Waals surface area (Å²) in [5.41, 5.74) is 1.31. The van der Waals surface area contributed by atoms with Gasteiger partial charge in [-0.3, -0.25) is 4.79 Å². The predicted octanol–water partition coefficient (Wildman–Crippen LogP) is 2.71. The Morgan fingerprint density at radius 2 is 2.25 bits per heavy atom. The van der Waals surface area contributed by atoms with E-state index in [-0.39, 0.29) is 5.41 Å². The first kappa shape index (κ1) is 8.03. The Kier molecular flexibility index (Phi) is 1.64. The van der Waals surface area contributed by atoms with Gasteiger partial charge in [0.1, 0.15) is 5.78 Å². The molecule has 0 aromatic heterocycles. The molecular formula is C11H16O. The van der Waals surface area contributed by atoms with Crippen LogP contribution in [-0.4, -0.2) is 5.78 Å². The molecule has 2 unspecified atom stereocenters. The van der Waals surface area contributed by atoms with Crippen molar-refractivity contribution in [3.05, 3.63) is 12.2 Å². The van der Waals surface area contributed by atoms with Crippen molar-refractivity contribution in [1.29, 1.82) is 0 Å². The molecule has 2 saturated carbocycles. The molecule has 0 aliphatic heterocycles. The third-order valence-electron chi connectivity index (χ3n) is 3.76. The highest BCUT2D eigenvalue weighted by molar-refractivity contribution is 5.86. The van der Waals surface area contributed by atoms with Crippen LogP contribution in [0.15, 0.2) is 12.2 Å². The van der Waals surface area contributed by atoms with Gasteiger partial charge in [0.15, 0.2) is 0 Å². The van der Waals surface area contributed by atoms with Gasteiger partial charge in [-0.2, -0.15) is 0 Å². The fraction of sp³-hybridized carbons (Fsp3) is 0.727. The molecule has 0 N–H and O–H groups in total. The van der Waals surface area contributed by atoms with Crippen LogP contribution in [0.25, 0.3) is 0 Å². The fourth-order valence-corrected chi connectivity index (χ4v) is 2.83. The van der Waals surface area contributed by atoms with E-state index in [1.54, 1.807) is 0 Å². The standard InChI is InChI=1S/C11H16O/c1-8-6-7-11(2)9(8)4-3-5-10(11)12/h9H,1,3-7H2,2H3. The number of Topliss-reactive ketones (excluding diaryl/α,β-unsaturated/α-hetero) is 1. The summed E-state index contributed by atoms with van der Waals surface area (Å²) in [6.07, 6.45) is 5.21. The number of rotatable bonds is 0. The molecule has 2 aliphatic rings. The van der Waals surface area contributed by atoms with Crippen molar-refractivity contribution < 1.29 is 4.79 Å². The first-order valence-corrected chi connectivity index (χ1v) is 4.85. The Morgan fingerprint density at radius 3 is 2.92 bits per heavy atom. The van der Waals surface area contributed by atoms with Gasteiger partial charge in [0, 0.05) is 11.8 Å². The number of ketones is 1. The minimum atomic E-state index is -0.0185. The summed E-state index contributed by atoms with van der Waals surface area (Å²) in [5, 5.41) is 0. The summed E-state index contributed by atoms with van der Waals surface area (Å²) in [6.45, 7) is 6.20. The smallest absolute Gasteiger partial charge is 0.139 e. The van der Waals surface area contributed by atoms with Gasteiger partial charge >= 0.3 is 0 Å². The first-order chi connectivity index (χ1) is 5.64. The average Bonchev–Trinajstić information content (AvgIpc) is 2.33. The van der Waals surface area contributed by atoms with Crippen LogP contribution in [0.2, 0.25) is 0 Å². The quantitative estimate of drug-likeness (QED) is 0.503. The van der Waals surface area contributed by atoms with Crippen molar-refractivity contribution in [1.82, 2.24) is 0 Å². The molecule has 12 heavy (non-hydrogen) atoms. The number of hydrogen-bond acceptors (Lipinski definition) is 1. The molecule has 66 valence electrons. The van der Waals surface area contributed by atoms with Gasteiger partial charge in [-0.1, -0.05) is 19.1 Å². The van der Waals surface area contributed by atoms with Crippen LogP contribution in [0.1, 0.15) is 39.0 Å². The maximum Gasteiger partial charge on any atom is 0.139 e. The van der Waals surface area contributed by atoms with E-state index in [0.29, 0.717) is 11.7 Å². The fourth-order valence-electron chi connectivity index (χ4n) is 2.83. The van der Waals surface area contributed by atoms with E-state index in [1.807, 2.05) is 0 Å². The molecule has 0 bridgehead atoms. The van der Waals surface area contributed by atoms with E-state index in [4.69, 9.17) is 0 Å². The minimum Gasteiger partial charge on any atom is -0.299 e. The predicted molar refractivity (Wildman–Crippen MR) is 48.8 cm³/mol. The van der Waals surface area contributed by atoms with Gasteiger partial charge in [0.25, 0.3) is 0 Å². The minimum absolute atomic E-state index is 0.0185. The van der Waals surface area contributed by atoms with Gasteiger partial charge < -0.3 is 0 Å². The van der Waals surface area contributed by atoms with Gasteiger partial charge in [0.2, 0.25) is 0 Å². The Balaban J connectivity index is 2.32. The zero-order chi connectivity index (χ0) is 8.77. The van der Waals surface area contributed by atoms with Crippen LogP contribution in [0, 0.1) is 11.3 Å². The van der Waals surface area contributed by atoms with Gasteiger partial charge in [-0.15, -0.1) is 0 Å². The molecule has 2 rings (SSSR count). The van der Waals surface area contributed by atoms with E-state index < -0.39 is 0 Å². The number of hydrogen-bond donors (Lipinski definition) is 0. The molecule has 0 saturated heterocycles. The van der Waals surface area contributed by atoms with Crippen molar-refractivity contribution in [2.75, 3.05) is 0 Å². The lowest BCUT2D eigenvalue weighted by atomic mass is 9.68. The van der Waals surface area contributed by atoms with E-state index in [9.17, 15) is 4.79 Å². The monoisotopic (exact) mass is 164 g/mol. The van der Waals surface area contributed by atoms with Gasteiger partial charge in [0.05, 0.1) is 0 Å². The summed E-state index contributed by atoms with van der Waals surface area (Å²) < 4.78 is 0. The lowest BCUT2D eigenvalue weighted by Gasteiger charge is -2.34. The summed E-state index contributed by atoms with van der Waals surface area (Å²) in [6, 6.07) is 0. The second kappa shape index (κ2) is 2.45. The Morgan fingerprint density at radius 1 is 1.50 bits per heavy atom. The highest BCUT2D eigenvalue weighted by Gasteiger charge is 2.47. The van der Waals surface area contributed by atoms with Gasteiger partial charge in [-0.25, -0.2) is 0 Å². The molecular weight excluding hydrogens is 148 g/mol. The maximum atomic E-state index is 11.7. The Labute approximate surface area is 73.8 Å².